The van der Waals surface area contributed by atoms with Crippen molar-refractivity contribution >= 4 is 11.8 Å². The van der Waals surface area contributed by atoms with Crippen LogP contribution in [0.15, 0.2) is 24.3 Å². The van der Waals surface area contributed by atoms with Crippen LogP contribution >= 0.6 is 0 Å². The van der Waals surface area contributed by atoms with Gasteiger partial charge in [-0.05, 0) is 38.5 Å². The number of aromatic carboxylic acids is 1. The quantitative estimate of drug-likeness (QED) is 0.771. The molecule has 8 heteroatoms. The van der Waals surface area contributed by atoms with Crippen molar-refractivity contribution in [3.8, 4) is 11.3 Å². The van der Waals surface area contributed by atoms with Gasteiger partial charge in [0, 0.05) is 18.7 Å². The van der Waals surface area contributed by atoms with Crippen LogP contribution in [0.1, 0.15) is 35.3 Å². The zero-order valence-corrected chi connectivity index (χ0v) is 14.5. The molecule has 0 aliphatic heterocycles. The molecule has 0 unspecified atom stereocenters. The van der Waals surface area contributed by atoms with Gasteiger partial charge in [0.05, 0.1) is 11.3 Å². The fourth-order valence-electron chi connectivity index (χ4n) is 2.62. The summed E-state index contributed by atoms with van der Waals surface area (Å²) in [7, 11) is 0. The third-order valence-electron chi connectivity index (χ3n) is 4.05. The van der Waals surface area contributed by atoms with Gasteiger partial charge in [-0.15, -0.1) is 0 Å². The Morgan fingerprint density at radius 3 is 2.27 bits per heavy atom. The molecule has 0 saturated carbocycles. The summed E-state index contributed by atoms with van der Waals surface area (Å²) in [4.78, 5) is 17.1. The maximum Gasteiger partial charge on any atom is 0.417 e. The summed E-state index contributed by atoms with van der Waals surface area (Å²) in [5.74, 6) is -2.58. The minimum Gasteiger partial charge on any atom is -0.478 e. The van der Waals surface area contributed by atoms with Crippen LogP contribution in [-0.4, -0.2) is 29.1 Å². The standard InChI is InChI=1S/C18H18F4N2O2/c1-4-24(5-2)16-15(17(25)26)12(18(20,21)22)9-14(23-16)11-7-6-10(3)13(19)8-11/h6-9H,4-5H2,1-3H3,(H,25,26). The second-order valence-corrected chi connectivity index (χ2v) is 5.69. The summed E-state index contributed by atoms with van der Waals surface area (Å²) < 4.78 is 54.4. The summed E-state index contributed by atoms with van der Waals surface area (Å²) in [5, 5.41) is 9.37. The maximum atomic E-state index is 13.8. The van der Waals surface area contributed by atoms with Crippen molar-refractivity contribution < 1.29 is 27.5 Å². The summed E-state index contributed by atoms with van der Waals surface area (Å²) in [6.07, 6.45) is -4.89. The first-order valence-electron chi connectivity index (χ1n) is 7.97. The molecule has 2 aromatic rings. The Bertz CT molecular complexity index is 831. The summed E-state index contributed by atoms with van der Waals surface area (Å²) in [5.41, 5.74) is -1.86. The van der Waals surface area contributed by atoms with Gasteiger partial charge in [-0.25, -0.2) is 14.2 Å². The van der Waals surface area contributed by atoms with E-state index in [0.717, 1.165) is 6.07 Å². The number of benzene rings is 1. The van der Waals surface area contributed by atoms with Crippen molar-refractivity contribution in [1.82, 2.24) is 4.98 Å². The molecular weight excluding hydrogens is 352 g/mol. The number of carbonyl (C=O) groups is 1. The Hall–Kier alpha value is -2.64. The molecule has 0 spiro atoms. The Labute approximate surface area is 148 Å². The van der Waals surface area contributed by atoms with E-state index in [1.807, 2.05) is 0 Å². The third kappa shape index (κ3) is 3.79. The van der Waals surface area contributed by atoms with E-state index in [9.17, 15) is 27.5 Å². The van der Waals surface area contributed by atoms with Gasteiger partial charge in [0.25, 0.3) is 0 Å². The number of aryl methyl sites for hydroxylation is 1. The lowest BCUT2D eigenvalue weighted by molar-refractivity contribution is -0.138. The first kappa shape index (κ1) is 19.7. The Morgan fingerprint density at radius 2 is 1.81 bits per heavy atom. The molecular formula is C18H18F4N2O2. The molecule has 26 heavy (non-hydrogen) atoms. The second kappa shape index (κ2) is 7.31. The molecule has 0 amide bonds. The predicted octanol–water partition coefficient (Wildman–Crippen LogP) is 4.76. The molecule has 1 aromatic heterocycles. The fourth-order valence-corrected chi connectivity index (χ4v) is 2.62. The van der Waals surface area contributed by atoms with Gasteiger partial charge in [-0.1, -0.05) is 12.1 Å². The number of pyridine rings is 1. The Balaban J connectivity index is 2.84. The number of hydrogen-bond acceptors (Lipinski definition) is 3. The number of hydrogen-bond donors (Lipinski definition) is 1. The zero-order chi connectivity index (χ0) is 19.6. The topological polar surface area (TPSA) is 53.4 Å². The summed E-state index contributed by atoms with van der Waals surface area (Å²) in [6.45, 7) is 5.44. The third-order valence-corrected chi connectivity index (χ3v) is 4.05. The molecule has 0 aliphatic carbocycles. The van der Waals surface area contributed by atoms with Gasteiger partial charge in [0.15, 0.2) is 0 Å². The van der Waals surface area contributed by atoms with E-state index < -0.39 is 29.1 Å². The van der Waals surface area contributed by atoms with E-state index >= 15 is 0 Å². The predicted molar refractivity (Wildman–Crippen MR) is 89.9 cm³/mol. The monoisotopic (exact) mass is 370 g/mol. The van der Waals surface area contributed by atoms with E-state index in [-0.39, 0.29) is 30.2 Å². The Morgan fingerprint density at radius 1 is 1.19 bits per heavy atom. The van der Waals surface area contributed by atoms with Crippen molar-refractivity contribution in [2.24, 2.45) is 0 Å². The van der Waals surface area contributed by atoms with Crippen molar-refractivity contribution in [3.05, 3.63) is 46.8 Å². The van der Waals surface area contributed by atoms with Gasteiger partial charge in [0.1, 0.15) is 17.2 Å². The largest absolute Gasteiger partial charge is 0.478 e. The number of nitrogens with zero attached hydrogens (tertiary/aromatic N) is 2. The molecule has 1 heterocycles. The molecule has 0 saturated heterocycles. The van der Waals surface area contributed by atoms with Crippen molar-refractivity contribution in [3.63, 3.8) is 0 Å². The van der Waals surface area contributed by atoms with Crippen LogP contribution in [-0.2, 0) is 6.18 Å². The van der Waals surface area contributed by atoms with Gasteiger partial charge >= 0.3 is 12.1 Å². The van der Waals surface area contributed by atoms with Crippen molar-refractivity contribution in [2.45, 2.75) is 26.9 Å². The lowest BCUT2D eigenvalue weighted by atomic mass is 10.0. The molecule has 0 aliphatic rings. The number of aromatic nitrogens is 1. The van der Waals surface area contributed by atoms with Crippen LogP contribution in [0, 0.1) is 12.7 Å². The Kier molecular flexibility index (Phi) is 5.53. The van der Waals surface area contributed by atoms with Crippen LogP contribution in [0.5, 0.6) is 0 Å². The van der Waals surface area contributed by atoms with Gasteiger partial charge < -0.3 is 10.0 Å². The highest BCUT2D eigenvalue weighted by Crippen LogP contribution is 2.38. The van der Waals surface area contributed by atoms with Gasteiger partial charge in [-0.3, -0.25) is 0 Å². The minimum absolute atomic E-state index is 0.136. The number of alkyl halides is 3. The first-order valence-corrected chi connectivity index (χ1v) is 7.97. The van der Waals surface area contributed by atoms with Crippen LogP contribution < -0.4 is 4.90 Å². The molecule has 2 rings (SSSR count). The van der Waals surface area contributed by atoms with Crippen LogP contribution in [0.3, 0.4) is 0 Å². The molecule has 140 valence electrons. The number of rotatable bonds is 5. The second-order valence-electron chi connectivity index (χ2n) is 5.69. The maximum absolute atomic E-state index is 13.8. The number of halogens is 4. The zero-order valence-electron chi connectivity index (χ0n) is 14.5. The number of carboxylic acid groups (broad SMARTS) is 1. The van der Waals surface area contributed by atoms with Crippen LogP contribution in [0.2, 0.25) is 0 Å². The highest BCUT2D eigenvalue weighted by Gasteiger charge is 2.39. The number of anilines is 1. The van der Waals surface area contributed by atoms with Gasteiger partial charge in [-0.2, -0.15) is 13.2 Å². The normalized spacial score (nSPS) is 11.5. The number of carboxylic acids is 1. The average Bonchev–Trinajstić information content (AvgIpc) is 2.56. The van der Waals surface area contributed by atoms with E-state index in [4.69, 9.17) is 0 Å². The van der Waals surface area contributed by atoms with Gasteiger partial charge in [0.2, 0.25) is 0 Å². The first-order chi connectivity index (χ1) is 12.1. The van der Waals surface area contributed by atoms with E-state index in [2.05, 4.69) is 4.98 Å². The average molecular weight is 370 g/mol. The van der Waals surface area contributed by atoms with Crippen molar-refractivity contribution in [2.75, 3.05) is 18.0 Å². The highest BCUT2D eigenvalue weighted by molar-refractivity contribution is 5.96. The lowest BCUT2D eigenvalue weighted by Crippen LogP contribution is -2.27. The lowest BCUT2D eigenvalue weighted by Gasteiger charge is -2.24. The molecule has 0 radical (unpaired) electrons. The van der Waals surface area contributed by atoms with E-state index in [1.165, 1.54) is 24.0 Å². The van der Waals surface area contributed by atoms with Crippen LogP contribution in [0.4, 0.5) is 23.4 Å². The highest BCUT2D eigenvalue weighted by atomic mass is 19.4. The summed E-state index contributed by atoms with van der Waals surface area (Å²) in [6, 6.07) is 4.62. The molecule has 0 fully saturated rings. The minimum atomic E-state index is -4.89. The van der Waals surface area contributed by atoms with E-state index in [1.54, 1.807) is 13.8 Å². The molecule has 0 bridgehead atoms. The molecule has 0 atom stereocenters. The molecule has 1 aromatic carbocycles. The SMILES string of the molecule is CCN(CC)c1nc(-c2ccc(C)c(F)c2)cc(C(F)(F)F)c1C(=O)O. The summed E-state index contributed by atoms with van der Waals surface area (Å²) >= 11 is 0. The van der Waals surface area contributed by atoms with Crippen LogP contribution in [0.25, 0.3) is 11.3 Å². The van der Waals surface area contributed by atoms with E-state index in [0.29, 0.717) is 11.6 Å². The molecule has 4 nitrogen and oxygen atoms in total. The fraction of sp³-hybridized carbons (Fsp3) is 0.333. The molecule has 1 N–H and O–H groups in total. The smallest absolute Gasteiger partial charge is 0.417 e. The van der Waals surface area contributed by atoms with Crippen molar-refractivity contribution in [1.29, 1.82) is 0 Å².